The number of carboxylic acids is 1. The summed E-state index contributed by atoms with van der Waals surface area (Å²) in [6.45, 7) is 3.36. The van der Waals surface area contributed by atoms with Gasteiger partial charge in [0, 0.05) is 13.5 Å². The Bertz CT molecular complexity index is 379. The topological polar surface area (TPSA) is 88.7 Å². The van der Waals surface area contributed by atoms with E-state index in [9.17, 15) is 4.79 Å². The molecule has 1 aromatic heterocycles. The minimum absolute atomic E-state index is 0.201. The van der Waals surface area contributed by atoms with Crippen LogP contribution in [-0.2, 0) is 16.1 Å². The highest BCUT2D eigenvalue weighted by Gasteiger charge is 2.29. The average molecular weight is 227 g/mol. The highest BCUT2D eigenvalue weighted by Crippen LogP contribution is 2.10. The molecule has 88 valence electrons. The number of rotatable bonds is 3. The SMILES string of the molecule is Cc1nc(CN2CCOCC2C(=O)O)no1. The first-order chi connectivity index (χ1) is 7.66. The van der Waals surface area contributed by atoms with Crippen molar-refractivity contribution in [2.75, 3.05) is 19.8 Å². The third kappa shape index (κ3) is 2.37. The fourth-order valence-corrected chi connectivity index (χ4v) is 1.64. The van der Waals surface area contributed by atoms with Crippen LogP contribution in [-0.4, -0.2) is 51.9 Å². The molecule has 1 fully saturated rings. The van der Waals surface area contributed by atoms with Crippen molar-refractivity contribution in [2.45, 2.75) is 19.5 Å². The van der Waals surface area contributed by atoms with E-state index in [1.165, 1.54) is 0 Å². The predicted octanol–water partition coefficient (Wildman–Crippen LogP) is -0.337. The van der Waals surface area contributed by atoms with E-state index >= 15 is 0 Å². The Morgan fingerprint density at radius 1 is 1.69 bits per heavy atom. The Kier molecular flexibility index (Phi) is 3.16. The molecule has 1 aromatic rings. The zero-order chi connectivity index (χ0) is 11.5. The number of aliphatic carboxylic acids is 1. The third-order valence-corrected chi connectivity index (χ3v) is 2.44. The monoisotopic (exact) mass is 227 g/mol. The normalized spacial score (nSPS) is 22.2. The smallest absolute Gasteiger partial charge is 0.323 e. The van der Waals surface area contributed by atoms with E-state index in [0.29, 0.717) is 31.4 Å². The summed E-state index contributed by atoms with van der Waals surface area (Å²) >= 11 is 0. The van der Waals surface area contributed by atoms with Crippen molar-refractivity contribution in [1.82, 2.24) is 15.0 Å². The molecule has 0 saturated carbocycles. The first kappa shape index (κ1) is 11.0. The van der Waals surface area contributed by atoms with E-state index in [1.807, 2.05) is 0 Å². The van der Waals surface area contributed by atoms with Gasteiger partial charge < -0.3 is 14.4 Å². The lowest BCUT2D eigenvalue weighted by atomic mass is 10.2. The lowest BCUT2D eigenvalue weighted by Crippen LogP contribution is -2.49. The molecular formula is C9H13N3O4. The van der Waals surface area contributed by atoms with Gasteiger partial charge in [-0.3, -0.25) is 9.69 Å². The summed E-state index contributed by atoms with van der Waals surface area (Å²) in [5, 5.41) is 12.7. The number of nitrogens with zero attached hydrogens (tertiary/aromatic N) is 3. The van der Waals surface area contributed by atoms with Gasteiger partial charge in [0.25, 0.3) is 0 Å². The molecule has 1 unspecified atom stereocenters. The lowest BCUT2D eigenvalue weighted by molar-refractivity contribution is -0.150. The third-order valence-electron chi connectivity index (χ3n) is 2.44. The van der Waals surface area contributed by atoms with Crippen LogP contribution in [0.1, 0.15) is 11.7 Å². The maximum atomic E-state index is 11.0. The number of hydrogen-bond donors (Lipinski definition) is 1. The van der Waals surface area contributed by atoms with Gasteiger partial charge in [-0.2, -0.15) is 4.98 Å². The van der Waals surface area contributed by atoms with Crippen LogP contribution in [0.2, 0.25) is 0 Å². The minimum Gasteiger partial charge on any atom is -0.480 e. The molecule has 0 radical (unpaired) electrons. The molecule has 1 saturated heterocycles. The minimum atomic E-state index is -0.889. The summed E-state index contributed by atoms with van der Waals surface area (Å²) in [5.41, 5.74) is 0. The molecule has 1 N–H and O–H groups in total. The first-order valence-corrected chi connectivity index (χ1v) is 5.00. The van der Waals surface area contributed by atoms with Crippen LogP contribution < -0.4 is 0 Å². The molecule has 0 spiro atoms. The summed E-state index contributed by atoms with van der Waals surface area (Å²) in [5.74, 6) is 0.0979. The van der Waals surface area contributed by atoms with Crippen LogP contribution in [0.15, 0.2) is 4.52 Å². The molecule has 0 bridgehead atoms. The number of hydrogen-bond acceptors (Lipinski definition) is 6. The van der Waals surface area contributed by atoms with Gasteiger partial charge in [0.15, 0.2) is 5.82 Å². The zero-order valence-corrected chi connectivity index (χ0v) is 8.92. The van der Waals surface area contributed by atoms with E-state index in [4.69, 9.17) is 14.4 Å². The summed E-state index contributed by atoms with van der Waals surface area (Å²) in [7, 11) is 0. The molecule has 1 aliphatic rings. The van der Waals surface area contributed by atoms with Gasteiger partial charge in [-0.25, -0.2) is 0 Å². The Labute approximate surface area is 92.0 Å². The van der Waals surface area contributed by atoms with Crippen LogP contribution in [0.5, 0.6) is 0 Å². The molecule has 16 heavy (non-hydrogen) atoms. The van der Waals surface area contributed by atoms with E-state index in [0.717, 1.165) is 0 Å². The van der Waals surface area contributed by atoms with Gasteiger partial charge in [-0.05, 0) is 0 Å². The number of ether oxygens (including phenoxy) is 1. The van der Waals surface area contributed by atoms with Gasteiger partial charge in [0.1, 0.15) is 6.04 Å². The highest BCUT2D eigenvalue weighted by atomic mass is 16.5. The Morgan fingerprint density at radius 3 is 3.12 bits per heavy atom. The quantitative estimate of drug-likeness (QED) is 0.755. The van der Waals surface area contributed by atoms with Crippen molar-refractivity contribution in [3.05, 3.63) is 11.7 Å². The van der Waals surface area contributed by atoms with Crippen LogP contribution in [0, 0.1) is 6.92 Å². The molecule has 7 nitrogen and oxygen atoms in total. The Balaban J connectivity index is 2.03. The summed E-state index contributed by atoms with van der Waals surface area (Å²) in [6, 6.07) is -0.632. The molecular weight excluding hydrogens is 214 g/mol. The van der Waals surface area contributed by atoms with Crippen LogP contribution >= 0.6 is 0 Å². The molecule has 0 aromatic carbocycles. The van der Waals surface area contributed by atoms with E-state index in [-0.39, 0.29) is 6.61 Å². The van der Waals surface area contributed by atoms with E-state index in [2.05, 4.69) is 10.1 Å². The van der Waals surface area contributed by atoms with Crippen molar-refractivity contribution in [3.8, 4) is 0 Å². The predicted molar refractivity (Wildman–Crippen MR) is 51.7 cm³/mol. The number of aryl methyl sites for hydroxylation is 1. The second-order valence-electron chi connectivity index (χ2n) is 3.63. The fraction of sp³-hybridized carbons (Fsp3) is 0.667. The van der Waals surface area contributed by atoms with Crippen molar-refractivity contribution < 1.29 is 19.2 Å². The summed E-state index contributed by atoms with van der Waals surface area (Å²) in [6.07, 6.45) is 0. The Morgan fingerprint density at radius 2 is 2.50 bits per heavy atom. The van der Waals surface area contributed by atoms with Crippen molar-refractivity contribution in [2.24, 2.45) is 0 Å². The second kappa shape index (κ2) is 4.58. The molecule has 0 amide bonds. The number of carboxylic acid groups (broad SMARTS) is 1. The Hall–Kier alpha value is -1.47. The number of morpholine rings is 1. The summed E-state index contributed by atoms with van der Waals surface area (Å²) in [4.78, 5) is 16.8. The fourth-order valence-electron chi connectivity index (χ4n) is 1.64. The molecule has 7 heteroatoms. The molecule has 2 heterocycles. The van der Waals surface area contributed by atoms with Gasteiger partial charge in [-0.1, -0.05) is 5.16 Å². The maximum absolute atomic E-state index is 11.0. The van der Waals surface area contributed by atoms with E-state index < -0.39 is 12.0 Å². The first-order valence-electron chi connectivity index (χ1n) is 5.00. The van der Waals surface area contributed by atoms with Crippen molar-refractivity contribution >= 4 is 5.97 Å². The van der Waals surface area contributed by atoms with E-state index in [1.54, 1.807) is 11.8 Å². The lowest BCUT2D eigenvalue weighted by Gasteiger charge is -2.31. The zero-order valence-electron chi connectivity index (χ0n) is 8.92. The van der Waals surface area contributed by atoms with Gasteiger partial charge in [0.05, 0.1) is 19.8 Å². The van der Waals surface area contributed by atoms with Crippen LogP contribution in [0.4, 0.5) is 0 Å². The van der Waals surface area contributed by atoms with Crippen LogP contribution in [0.3, 0.4) is 0 Å². The van der Waals surface area contributed by atoms with Crippen molar-refractivity contribution in [1.29, 1.82) is 0 Å². The molecule has 1 atom stereocenters. The molecule has 2 rings (SSSR count). The highest BCUT2D eigenvalue weighted by molar-refractivity contribution is 5.73. The largest absolute Gasteiger partial charge is 0.480 e. The maximum Gasteiger partial charge on any atom is 0.323 e. The van der Waals surface area contributed by atoms with Gasteiger partial charge in [0.2, 0.25) is 5.89 Å². The van der Waals surface area contributed by atoms with Gasteiger partial charge >= 0.3 is 5.97 Å². The second-order valence-corrected chi connectivity index (χ2v) is 3.63. The van der Waals surface area contributed by atoms with Gasteiger partial charge in [-0.15, -0.1) is 0 Å². The standard InChI is InChI=1S/C9H13N3O4/c1-6-10-8(11-16-6)4-12-2-3-15-5-7(12)9(13)14/h7H,2-5H2,1H3,(H,13,14). The van der Waals surface area contributed by atoms with Crippen molar-refractivity contribution in [3.63, 3.8) is 0 Å². The van der Waals surface area contributed by atoms with Crippen LogP contribution in [0.25, 0.3) is 0 Å². The number of aromatic nitrogens is 2. The molecule has 0 aliphatic carbocycles. The average Bonchev–Trinajstić information content (AvgIpc) is 2.64. The summed E-state index contributed by atoms with van der Waals surface area (Å²) < 4.78 is 9.97. The number of carbonyl (C=O) groups is 1. The molecule has 1 aliphatic heterocycles.